The molecule has 0 radical (unpaired) electrons. The van der Waals surface area contributed by atoms with Crippen molar-refractivity contribution < 1.29 is 5.11 Å². The van der Waals surface area contributed by atoms with Crippen LogP contribution in [0.4, 0.5) is 0 Å². The average molecular weight is 183 g/mol. The first kappa shape index (κ1) is 10.2. The molecule has 4 heteroatoms. The Morgan fingerprint density at radius 2 is 2.15 bits per heavy atom. The molecule has 0 amide bonds. The topological polar surface area (TPSA) is 50.9 Å². The van der Waals surface area contributed by atoms with Crippen LogP contribution in [0.2, 0.25) is 0 Å². The van der Waals surface area contributed by atoms with Gasteiger partial charge in [-0.15, -0.1) is 5.10 Å². The Morgan fingerprint density at radius 3 is 2.69 bits per heavy atom. The molecule has 1 aromatic heterocycles. The van der Waals surface area contributed by atoms with Crippen molar-refractivity contribution in [3.05, 3.63) is 11.9 Å². The fraction of sp³-hybridized carbons (Fsp3) is 0.778. The van der Waals surface area contributed by atoms with Crippen molar-refractivity contribution in [3.63, 3.8) is 0 Å². The molecule has 0 aromatic carbocycles. The predicted octanol–water partition coefficient (Wildman–Crippen LogP) is 0.958. The van der Waals surface area contributed by atoms with Gasteiger partial charge in [-0.25, -0.2) is 4.68 Å². The maximum absolute atomic E-state index is 8.70. The molecule has 0 aliphatic carbocycles. The Balaban J connectivity index is 2.77. The Labute approximate surface area is 78.6 Å². The molecule has 0 aliphatic heterocycles. The number of aliphatic hydroxyl groups is 1. The zero-order valence-electron chi connectivity index (χ0n) is 8.49. The van der Waals surface area contributed by atoms with Gasteiger partial charge >= 0.3 is 0 Å². The summed E-state index contributed by atoms with van der Waals surface area (Å²) in [6.07, 6.45) is 2.52. The van der Waals surface area contributed by atoms with Gasteiger partial charge in [-0.1, -0.05) is 26.0 Å². The van der Waals surface area contributed by atoms with E-state index in [1.54, 1.807) is 6.20 Å². The second-order valence-electron chi connectivity index (χ2n) is 4.17. The van der Waals surface area contributed by atoms with E-state index in [0.717, 1.165) is 18.7 Å². The fourth-order valence-electron chi connectivity index (χ4n) is 1.22. The number of aryl methyl sites for hydroxylation is 1. The number of aliphatic hydroxyl groups excluding tert-OH is 1. The largest absolute Gasteiger partial charge is 0.396 e. The maximum Gasteiger partial charge on any atom is 0.0730 e. The van der Waals surface area contributed by atoms with Crippen LogP contribution < -0.4 is 0 Å². The van der Waals surface area contributed by atoms with E-state index < -0.39 is 0 Å². The van der Waals surface area contributed by atoms with Gasteiger partial charge in [-0.3, -0.25) is 0 Å². The average Bonchev–Trinajstić information content (AvgIpc) is 2.47. The first-order valence-electron chi connectivity index (χ1n) is 4.55. The number of nitrogens with zero attached hydrogens (tertiary/aromatic N) is 3. The Morgan fingerprint density at radius 1 is 1.46 bits per heavy atom. The van der Waals surface area contributed by atoms with Gasteiger partial charge in [-0.05, 0) is 6.42 Å². The third-order valence-corrected chi connectivity index (χ3v) is 1.91. The van der Waals surface area contributed by atoms with Crippen LogP contribution >= 0.6 is 0 Å². The lowest BCUT2D eigenvalue weighted by molar-refractivity contribution is 0.273. The summed E-state index contributed by atoms with van der Waals surface area (Å²) in [6.45, 7) is 7.32. The number of hydrogen-bond donors (Lipinski definition) is 1. The summed E-state index contributed by atoms with van der Waals surface area (Å²) in [7, 11) is 0. The highest BCUT2D eigenvalue weighted by Crippen LogP contribution is 2.20. The van der Waals surface area contributed by atoms with Crippen LogP contribution in [0.15, 0.2) is 6.20 Å². The van der Waals surface area contributed by atoms with Crippen LogP contribution in [0.1, 0.15) is 32.9 Å². The van der Waals surface area contributed by atoms with E-state index in [1.807, 2.05) is 4.68 Å². The minimum Gasteiger partial charge on any atom is -0.396 e. The zero-order chi connectivity index (χ0) is 9.90. The van der Waals surface area contributed by atoms with Gasteiger partial charge < -0.3 is 5.11 Å². The van der Waals surface area contributed by atoms with Crippen LogP contribution in [0.3, 0.4) is 0 Å². The Bertz CT molecular complexity index is 262. The second-order valence-corrected chi connectivity index (χ2v) is 4.17. The van der Waals surface area contributed by atoms with E-state index in [-0.39, 0.29) is 12.0 Å². The molecular weight excluding hydrogens is 166 g/mol. The van der Waals surface area contributed by atoms with E-state index >= 15 is 0 Å². The molecule has 1 rings (SSSR count). The smallest absolute Gasteiger partial charge is 0.0730 e. The molecule has 1 heterocycles. The lowest BCUT2D eigenvalue weighted by atomic mass is 9.93. The van der Waals surface area contributed by atoms with Crippen molar-refractivity contribution in [2.75, 3.05) is 6.61 Å². The summed E-state index contributed by atoms with van der Waals surface area (Å²) < 4.78 is 1.86. The monoisotopic (exact) mass is 183 g/mol. The Hall–Kier alpha value is -0.900. The first-order chi connectivity index (χ1) is 6.05. The van der Waals surface area contributed by atoms with Gasteiger partial charge in [0.05, 0.1) is 11.9 Å². The van der Waals surface area contributed by atoms with Crippen LogP contribution in [-0.4, -0.2) is 26.7 Å². The fourth-order valence-corrected chi connectivity index (χ4v) is 1.22. The standard InChI is InChI=1S/C9H17N3O/c1-9(2,3)8-7-10-11-12(8)5-4-6-13/h7,13H,4-6H2,1-3H3. The summed E-state index contributed by atoms with van der Waals surface area (Å²) in [6, 6.07) is 0. The first-order valence-corrected chi connectivity index (χ1v) is 4.55. The van der Waals surface area contributed by atoms with E-state index in [4.69, 9.17) is 5.11 Å². The highest BCUT2D eigenvalue weighted by molar-refractivity contribution is 5.07. The summed E-state index contributed by atoms with van der Waals surface area (Å²) in [5, 5.41) is 16.5. The highest BCUT2D eigenvalue weighted by atomic mass is 16.3. The minimum absolute atomic E-state index is 0.0684. The van der Waals surface area contributed by atoms with E-state index in [1.165, 1.54) is 0 Å². The maximum atomic E-state index is 8.70. The van der Waals surface area contributed by atoms with Gasteiger partial charge in [0.1, 0.15) is 0 Å². The summed E-state index contributed by atoms with van der Waals surface area (Å²) >= 11 is 0. The van der Waals surface area contributed by atoms with Crippen LogP contribution in [0.25, 0.3) is 0 Å². The van der Waals surface area contributed by atoms with Crippen molar-refractivity contribution in [1.29, 1.82) is 0 Å². The molecule has 1 aromatic rings. The summed E-state index contributed by atoms with van der Waals surface area (Å²) in [5.41, 5.74) is 1.18. The van der Waals surface area contributed by atoms with Crippen LogP contribution in [-0.2, 0) is 12.0 Å². The molecule has 0 saturated heterocycles. The van der Waals surface area contributed by atoms with E-state index in [2.05, 4.69) is 31.1 Å². The second kappa shape index (κ2) is 3.87. The van der Waals surface area contributed by atoms with Crippen molar-refractivity contribution in [3.8, 4) is 0 Å². The van der Waals surface area contributed by atoms with Gasteiger partial charge in [-0.2, -0.15) is 0 Å². The van der Waals surface area contributed by atoms with Crippen molar-refractivity contribution >= 4 is 0 Å². The van der Waals surface area contributed by atoms with E-state index in [0.29, 0.717) is 0 Å². The van der Waals surface area contributed by atoms with Crippen molar-refractivity contribution in [2.45, 2.75) is 39.2 Å². The normalized spacial score (nSPS) is 12.0. The number of hydrogen-bond acceptors (Lipinski definition) is 3. The third-order valence-electron chi connectivity index (χ3n) is 1.91. The van der Waals surface area contributed by atoms with Gasteiger partial charge in [0, 0.05) is 18.6 Å². The molecule has 1 N–H and O–H groups in total. The Kier molecular flexibility index (Phi) is 3.03. The lowest BCUT2D eigenvalue weighted by Crippen LogP contribution is -2.18. The van der Waals surface area contributed by atoms with Crippen molar-refractivity contribution in [2.24, 2.45) is 0 Å². The van der Waals surface area contributed by atoms with E-state index in [9.17, 15) is 0 Å². The zero-order valence-corrected chi connectivity index (χ0v) is 8.49. The summed E-state index contributed by atoms with van der Waals surface area (Å²) in [5.74, 6) is 0. The molecule has 74 valence electrons. The molecule has 4 nitrogen and oxygen atoms in total. The van der Waals surface area contributed by atoms with Gasteiger partial charge in [0.2, 0.25) is 0 Å². The molecular formula is C9H17N3O. The molecule has 0 bridgehead atoms. The third kappa shape index (κ3) is 2.52. The highest BCUT2D eigenvalue weighted by Gasteiger charge is 2.19. The SMILES string of the molecule is CC(C)(C)c1cnnn1CCCO. The van der Waals surface area contributed by atoms with Crippen LogP contribution in [0, 0.1) is 0 Å². The quantitative estimate of drug-likeness (QED) is 0.759. The molecule has 0 saturated carbocycles. The van der Waals surface area contributed by atoms with Crippen molar-refractivity contribution in [1.82, 2.24) is 15.0 Å². The van der Waals surface area contributed by atoms with Crippen LogP contribution in [0.5, 0.6) is 0 Å². The summed E-state index contributed by atoms with van der Waals surface area (Å²) in [4.78, 5) is 0. The van der Waals surface area contributed by atoms with Gasteiger partial charge in [0.15, 0.2) is 0 Å². The molecule has 0 atom stereocenters. The minimum atomic E-state index is 0.0684. The predicted molar refractivity (Wildman–Crippen MR) is 50.4 cm³/mol. The molecule has 0 unspecified atom stereocenters. The number of rotatable bonds is 3. The molecule has 0 aliphatic rings. The molecule has 0 spiro atoms. The molecule has 13 heavy (non-hydrogen) atoms. The molecule has 0 fully saturated rings. The number of aromatic nitrogens is 3. The lowest BCUT2D eigenvalue weighted by Gasteiger charge is -2.18. The van der Waals surface area contributed by atoms with Gasteiger partial charge in [0.25, 0.3) is 0 Å².